The molecule has 0 saturated carbocycles. The Balaban J connectivity index is 2.48. The molecule has 6 heteroatoms. The van der Waals surface area contributed by atoms with Gasteiger partial charge in [0, 0.05) is 13.6 Å². The minimum absolute atomic E-state index is 0.305. The normalized spacial score (nSPS) is 11.0. The van der Waals surface area contributed by atoms with Crippen LogP contribution in [0.25, 0.3) is 0 Å². The fourth-order valence-electron chi connectivity index (χ4n) is 1.78. The van der Waals surface area contributed by atoms with Crippen LogP contribution in [0.4, 0.5) is 0 Å². The van der Waals surface area contributed by atoms with Crippen LogP contribution in [-0.2, 0) is 18.3 Å². The van der Waals surface area contributed by atoms with Crippen LogP contribution in [0.1, 0.15) is 29.4 Å². The average Bonchev–Trinajstić information content (AvgIpc) is 2.70. The molecule has 0 aromatic carbocycles. The van der Waals surface area contributed by atoms with Crippen molar-refractivity contribution in [2.24, 2.45) is 7.05 Å². The maximum Gasteiger partial charge on any atom is 0.341 e. The van der Waals surface area contributed by atoms with Crippen molar-refractivity contribution >= 4 is 5.97 Å². The molecule has 0 amide bonds. The molecule has 1 aromatic heterocycles. The summed E-state index contributed by atoms with van der Waals surface area (Å²) in [4.78, 5) is 13.9. The molecule has 0 atom stereocenters. The summed E-state index contributed by atoms with van der Waals surface area (Å²) in [5.74, 6) is -0.305. The van der Waals surface area contributed by atoms with Crippen molar-refractivity contribution in [1.29, 1.82) is 0 Å². The van der Waals surface area contributed by atoms with E-state index in [1.54, 1.807) is 17.8 Å². The van der Waals surface area contributed by atoms with E-state index in [1.807, 2.05) is 7.05 Å². The molecule has 1 N–H and O–H groups in total. The summed E-state index contributed by atoms with van der Waals surface area (Å²) in [6.45, 7) is 4.75. The van der Waals surface area contributed by atoms with Crippen LogP contribution in [0, 0.1) is 0 Å². The zero-order chi connectivity index (χ0) is 14.3. The van der Waals surface area contributed by atoms with Crippen LogP contribution < -0.4 is 5.32 Å². The molecule has 0 fully saturated rings. The maximum atomic E-state index is 11.7. The second kappa shape index (κ2) is 7.91. The third-order valence-corrected chi connectivity index (χ3v) is 2.81. The van der Waals surface area contributed by atoms with Crippen LogP contribution >= 0.6 is 0 Å². The van der Waals surface area contributed by atoms with Gasteiger partial charge < -0.3 is 15.0 Å². The van der Waals surface area contributed by atoms with E-state index < -0.39 is 0 Å². The van der Waals surface area contributed by atoms with Crippen LogP contribution in [0.2, 0.25) is 0 Å². The van der Waals surface area contributed by atoms with Gasteiger partial charge in [-0.3, -0.25) is 4.68 Å². The molecule has 19 heavy (non-hydrogen) atoms. The maximum absolute atomic E-state index is 11.7. The third-order valence-electron chi connectivity index (χ3n) is 2.81. The van der Waals surface area contributed by atoms with Crippen molar-refractivity contribution in [2.75, 3.05) is 33.8 Å². The summed E-state index contributed by atoms with van der Waals surface area (Å²) < 4.78 is 6.73. The Morgan fingerprint density at radius 2 is 2.26 bits per heavy atom. The number of esters is 1. The SMILES string of the molecule is CCOC(=O)c1cnn(C)c1CNCCCN(C)C. The first kappa shape index (κ1) is 15.7. The predicted octanol–water partition coefficient (Wildman–Crippen LogP) is 0.638. The molecule has 0 aliphatic carbocycles. The highest BCUT2D eigenvalue weighted by Gasteiger charge is 2.16. The molecule has 1 heterocycles. The number of rotatable bonds is 8. The fourth-order valence-corrected chi connectivity index (χ4v) is 1.78. The molecule has 1 aromatic rings. The Labute approximate surface area is 114 Å². The number of nitrogens with one attached hydrogen (secondary N) is 1. The smallest absolute Gasteiger partial charge is 0.341 e. The molecule has 1 rings (SSSR count). The molecule has 0 spiro atoms. The highest BCUT2D eigenvalue weighted by molar-refractivity contribution is 5.90. The number of hydrogen-bond acceptors (Lipinski definition) is 5. The van der Waals surface area contributed by atoms with Crippen molar-refractivity contribution in [3.63, 3.8) is 0 Å². The molecule has 0 aliphatic rings. The van der Waals surface area contributed by atoms with E-state index in [9.17, 15) is 4.79 Å². The molecular formula is C13H24N4O2. The van der Waals surface area contributed by atoms with Crippen molar-refractivity contribution in [1.82, 2.24) is 20.0 Å². The van der Waals surface area contributed by atoms with Crippen molar-refractivity contribution in [3.8, 4) is 0 Å². The molecule has 0 saturated heterocycles. The van der Waals surface area contributed by atoms with Gasteiger partial charge in [-0.1, -0.05) is 0 Å². The van der Waals surface area contributed by atoms with E-state index in [2.05, 4.69) is 29.4 Å². The van der Waals surface area contributed by atoms with E-state index in [0.717, 1.165) is 25.2 Å². The summed E-state index contributed by atoms with van der Waals surface area (Å²) in [6, 6.07) is 0. The Morgan fingerprint density at radius 3 is 2.89 bits per heavy atom. The molecular weight excluding hydrogens is 244 g/mol. The Hall–Kier alpha value is -1.40. The summed E-state index contributed by atoms with van der Waals surface area (Å²) in [5, 5.41) is 7.44. The van der Waals surface area contributed by atoms with E-state index in [1.165, 1.54) is 0 Å². The average molecular weight is 268 g/mol. The molecule has 108 valence electrons. The summed E-state index contributed by atoms with van der Waals surface area (Å²) in [7, 11) is 5.94. The number of carbonyl (C=O) groups excluding carboxylic acids is 1. The zero-order valence-corrected chi connectivity index (χ0v) is 12.3. The van der Waals surface area contributed by atoms with E-state index in [4.69, 9.17) is 4.74 Å². The molecule has 0 radical (unpaired) electrons. The van der Waals surface area contributed by atoms with E-state index >= 15 is 0 Å². The summed E-state index contributed by atoms with van der Waals surface area (Å²) in [5.41, 5.74) is 1.41. The van der Waals surface area contributed by atoms with Crippen molar-refractivity contribution in [2.45, 2.75) is 19.9 Å². The summed E-state index contributed by atoms with van der Waals surface area (Å²) in [6.07, 6.45) is 2.63. The van der Waals surface area contributed by atoms with E-state index in [-0.39, 0.29) is 5.97 Å². The van der Waals surface area contributed by atoms with Crippen LogP contribution in [0.3, 0.4) is 0 Å². The lowest BCUT2D eigenvalue weighted by molar-refractivity contribution is 0.0524. The van der Waals surface area contributed by atoms with Crippen LogP contribution in [-0.4, -0.2) is 54.4 Å². The number of hydrogen-bond donors (Lipinski definition) is 1. The first-order valence-electron chi connectivity index (χ1n) is 6.59. The van der Waals surface area contributed by atoms with Gasteiger partial charge in [0.2, 0.25) is 0 Å². The highest BCUT2D eigenvalue weighted by atomic mass is 16.5. The van der Waals surface area contributed by atoms with Gasteiger partial charge in [-0.05, 0) is 40.5 Å². The van der Waals surface area contributed by atoms with Gasteiger partial charge in [0.15, 0.2) is 0 Å². The fraction of sp³-hybridized carbons (Fsp3) is 0.692. The van der Waals surface area contributed by atoms with Crippen molar-refractivity contribution < 1.29 is 9.53 Å². The molecule has 0 bridgehead atoms. The van der Waals surface area contributed by atoms with Crippen molar-refractivity contribution in [3.05, 3.63) is 17.5 Å². The monoisotopic (exact) mass is 268 g/mol. The first-order chi connectivity index (χ1) is 9.06. The number of aryl methyl sites for hydroxylation is 1. The van der Waals surface area contributed by atoms with Gasteiger partial charge >= 0.3 is 5.97 Å². The quantitative estimate of drug-likeness (QED) is 0.554. The topological polar surface area (TPSA) is 59.4 Å². The Morgan fingerprint density at radius 1 is 1.53 bits per heavy atom. The minimum Gasteiger partial charge on any atom is -0.462 e. The predicted molar refractivity (Wildman–Crippen MR) is 74.0 cm³/mol. The van der Waals surface area contributed by atoms with Gasteiger partial charge in [-0.15, -0.1) is 0 Å². The van der Waals surface area contributed by atoms with Crippen LogP contribution in [0.15, 0.2) is 6.20 Å². The van der Waals surface area contributed by atoms with Gasteiger partial charge in [0.05, 0.1) is 18.5 Å². The zero-order valence-electron chi connectivity index (χ0n) is 12.3. The third kappa shape index (κ3) is 5.00. The number of nitrogens with zero attached hydrogens (tertiary/aromatic N) is 3. The first-order valence-corrected chi connectivity index (χ1v) is 6.59. The largest absolute Gasteiger partial charge is 0.462 e. The number of aromatic nitrogens is 2. The minimum atomic E-state index is -0.305. The van der Waals surface area contributed by atoms with E-state index in [0.29, 0.717) is 18.7 Å². The van der Waals surface area contributed by atoms with Gasteiger partial charge in [0.1, 0.15) is 5.56 Å². The van der Waals surface area contributed by atoms with Gasteiger partial charge in [0.25, 0.3) is 0 Å². The second-order valence-electron chi connectivity index (χ2n) is 4.68. The lowest BCUT2D eigenvalue weighted by atomic mass is 10.2. The van der Waals surface area contributed by atoms with Gasteiger partial charge in [-0.2, -0.15) is 5.10 Å². The second-order valence-corrected chi connectivity index (χ2v) is 4.68. The Kier molecular flexibility index (Phi) is 6.52. The molecule has 0 unspecified atom stereocenters. The lowest BCUT2D eigenvalue weighted by Crippen LogP contribution is -2.23. The summed E-state index contributed by atoms with van der Waals surface area (Å²) >= 11 is 0. The highest BCUT2D eigenvalue weighted by Crippen LogP contribution is 2.09. The lowest BCUT2D eigenvalue weighted by Gasteiger charge is -2.10. The molecule has 6 nitrogen and oxygen atoms in total. The van der Waals surface area contributed by atoms with Crippen LogP contribution in [0.5, 0.6) is 0 Å². The standard InChI is InChI=1S/C13H24N4O2/c1-5-19-13(18)11-9-15-17(4)12(11)10-14-7-6-8-16(2)3/h9,14H,5-8,10H2,1-4H3. The molecule has 0 aliphatic heterocycles. The number of carbonyl (C=O) groups is 1. The van der Waals surface area contributed by atoms with Gasteiger partial charge in [-0.25, -0.2) is 4.79 Å². The Bertz CT molecular complexity index is 401. The number of ether oxygens (including phenoxy) is 1.